The summed E-state index contributed by atoms with van der Waals surface area (Å²) in [4.78, 5) is 23.8. The molecular weight excluding hydrogens is 156 g/mol. The second kappa shape index (κ2) is 4.09. The molecule has 0 aromatic heterocycles. The molecule has 0 bridgehead atoms. The molecule has 0 atom stereocenters. The van der Waals surface area contributed by atoms with Gasteiger partial charge in [0.1, 0.15) is 0 Å². The molecule has 0 aromatic rings. The van der Waals surface area contributed by atoms with E-state index >= 15 is 0 Å². The van der Waals surface area contributed by atoms with Gasteiger partial charge in [0.2, 0.25) is 11.8 Å². The zero-order valence-corrected chi connectivity index (χ0v) is 7.30. The SMILES string of the molecule is CCC(=O)N1CCCNC(=O)C1. The van der Waals surface area contributed by atoms with Crippen molar-refractivity contribution >= 4 is 11.8 Å². The van der Waals surface area contributed by atoms with Crippen LogP contribution >= 0.6 is 0 Å². The van der Waals surface area contributed by atoms with Crippen molar-refractivity contribution in [1.29, 1.82) is 0 Å². The molecule has 0 aromatic carbocycles. The molecule has 4 nitrogen and oxygen atoms in total. The van der Waals surface area contributed by atoms with Crippen LogP contribution in [0.1, 0.15) is 19.8 Å². The third-order valence-electron chi connectivity index (χ3n) is 1.92. The van der Waals surface area contributed by atoms with Gasteiger partial charge < -0.3 is 10.2 Å². The number of carbonyl (C=O) groups excluding carboxylic acids is 2. The van der Waals surface area contributed by atoms with Crippen LogP contribution in [0.3, 0.4) is 0 Å². The lowest BCUT2D eigenvalue weighted by Crippen LogP contribution is -2.36. The molecule has 68 valence electrons. The van der Waals surface area contributed by atoms with E-state index in [1.165, 1.54) is 0 Å². The third kappa shape index (κ3) is 2.22. The molecule has 1 aliphatic rings. The van der Waals surface area contributed by atoms with Gasteiger partial charge in [-0.05, 0) is 6.42 Å². The van der Waals surface area contributed by atoms with Crippen molar-refractivity contribution in [3.05, 3.63) is 0 Å². The van der Waals surface area contributed by atoms with Gasteiger partial charge in [-0.3, -0.25) is 9.59 Å². The fourth-order valence-electron chi connectivity index (χ4n) is 1.24. The molecular formula is C8H14N2O2. The second-order valence-corrected chi connectivity index (χ2v) is 2.87. The molecule has 0 radical (unpaired) electrons. The van der Waals surface area contributed by atoms with Crippen LogP contribution in [0.2, 0.25) is 0 Å². The monoisotopic (exact) mass is 170 g/mol. The Hall–Kier alpha value is -1.06. The lowest BCUT2D eigenvalue weighted by Gasteiger charge is -2.17. The standard InChI is InChI=1S/C8H14N2O2/c1-2-8(12)10-5-3-4-9-7(11)6-10/h2-6H2,1H3,(H,9,11). The topological polar surface area (TPSA) is 49.4 Å². The van der Waals surface area contributed by atoms with Gasteiger partial charge in [0.15, 0.2) is 0 Å². The van der Waals surface area contributed by atoms with Crippen LogP contribution in [0.4, 0.5) is 0 Å². The van der Waals surface area contributed by atoms with Gasteiger partial charge in [0, 0.05) is 19.5 Å². The smallest absolute Gasteiger partial charge is 0.239 e. The first-order valence-corrected chi connectivity index (χ1v) is 4.28. The maximum atomic E-state index is 11.2. The van der Waals surface area contributed by atoms with Gasteiger partial charge >= 0.3 is 0 Å². The Morgan fingerprint density at radius 2 is 2.42 bits per heavy atom. The molecule has 12 heavy (non-hydrogen) atoms. The van der Waals surface area contributed by atoms with Gasteiger partial charge in [-0.25, -0.2) is 0 Å². The first-order valence-electron chi connectivity index (χ1n) is 4.28. The van der Waals surface area contributed by atoms with Crippen molar-refractivity contribution < 1.29 is 9.59 Å². The predicted molar refractivity (Wildman–Crippen MR) is 44.5 cm³/mol. The lowest BCUT2D eigenvalue weighted by atomic mass is 10.3. The number of hydrogen-bond acceptors (Lipinski definition) is 2. The Kier molecular flexibility index (Phi) is 3.08. The summed E-state index contributed by atoms with van der Waals surface area (Å²) in [6.07, 6.45) is 1.34. The van der Waals surface area contributed by atoms with Crippen molar-refractivity contribution in [3.63, 3.8) is 0 Å². The Morgan fingerprint density at radius 1 is 1.67 bits per heavy atom. The average molecular weight is 170 g/mol. The van der Waals surface area contributed by atoms with Gasteiger partial charge in [0.05, 0.1) is 6.54 Å². The Balaban J connectivity index is 2.51. The van der Waals surface area contributed by atoms with Gasteiger partial charge in [-0.15, -0.1) is 0 Å². The van der Waals surface area contributed by atoms with Crippen LogP contribution in [-0.4, -0.2) is 36.3 Å². The van der Waals surface area contributed by atoms with Gasteiger partial charge in [-0.1, -0.05) is 6.92 Å². The predicted octanol–water partition coefficient (Wildman–Crippen LogP) is -0.255. The molecule has 1 N–H and O–H groups in total. The summed E-state index contributed by atoms with van der Waals surface area (Å²) in [5, 5.41) is 2.72. The number of nitrogens with one attached hydrogen (secondary N) is 1. The highest BCUT2D eigenvalue weighted by atomic mass is 16.2. The van der Waals surface area contributed by atoms with Crippen molar-refractivity contribution in [2.45, 2.75) is 19.8 Å². The minimum Gasteiger partial charge on any atom is -0.354 e. The molecule has 1 aliphatic heterocycles. The zero-order chi connectivity index (χ0) is 8.97. The van der Waals surface area contributed by atoms with Crippen LogP contribution in [0, 0.1) is 0 Å². The number of carbonyl (C=O) groups is 2. The summed E-state index contributed by atoms with van der Waals surface area (Å²) >= 11 is 0. The van der Waals surface area contributed by atoms with E-state index in [1.807, 2.05) is 6.92 Å². The number of amides is 2. The van der Waals surface area contributed by atoms with Crippen LogP contribution in [-0.2, 0) is 9.59 Å². The molecule has 1 saturated heterocycles. The third-order valence-corrected chi connectivity index (χ3v) is 1.92. The normalized spacial score (nSPS) is 18.4. The maximum absolute atomic E-state index is 11.2. The molecule has 1 fully saturated rings. The molecule has 4 heteroatoms. The summed E-state index contributed by atoms with van der Waals surface area (Å²) in [6, 6.07) is 0. The molecule has 2 amide bonds. The van der Waals surface area contributed by atoms with E-state index in [0.717, 1.165) is 6.42 Å². The van der Waals surface area contributed by atoms with E-state index < -0.39 is 0 Å². The highest BCUT2D eigenvalue weighted by molar-refractivity contribution is 5.84. The van der Waals surface area contributed by atoms with E-state index in [1.54, 1.807) is 4.90 Å². The minimum atomic E-state index is -0.0469. The van der Waals surface area contributed by atoms with Crippen molar-refractivity contribution in [2.24, 2.45) is 0 Å². The quantitative estimate of drug-likeness (QED) is 0.589. The molecule has 0 saturated carbocycles. The molecule has 1 heterocycles. The summed E-state index contributed by atoms with van der Waals surface area (Å²) < 4.78 is 0. The Labute approximate surface area is 71.9 Å². The summed E-state index contributed by atoms with van der Waals surface area (Å²) in [5.74, 6) is 0.0151. The summed E-state index contributed by atoms with van der Waals surface area (Å²) in [6.45, 7) is 3.43. The Morgan fingerprint density at radius 3 is 3.08 bits per heavy atom. The van der Waals surface area contributed by atoms with E-state index in [2.05, 4.69) is 5.32 Å². The van der Waals surface area contributed by atoms with E-state index in [-0.39, 0.29) is 18.4 Å². The fourth-order valence-corrected chi connectivity index (χ4v) is 1.24. The number of nitrogens with zero attached hydrogens (tertiary/aromatic N) is 1. The molecule has 0 unspecified atom stereocenters. The van der Waals surface area contributed by atoms with Crippen LogP contribution in [0.5, 0.6) is 0 Å². The Bertz CT molecular complexity index is 191. The van der Waals surface area contributed by atoms with Gasteiger partial charge in [0.25, 0.3) is 0 Å². The second-order valence-electron chi connectivity index (χ2n) is 2.87. The lowest BCUT2D eigenvalue weighted by molar-refractivity contribution is -0.134. The number of hydrogen-bond donors (Lipinski definition) is 1. The fraction of sp³-hybridized carbons (Fsp3) is 0.750. The largest absolute Gasteiger partial charge is 0.354 e. The minimum absolute atomic E-state index is 0.0469. The molecule has 1 rings (SSSR count). The first-order chi connectivity index (χ1) is 5.74. The molecule has 0 spiro atoms. The van der Waals surface area contributed by atoms with Crippen LogP contribution < -0.4 is 5.32 Å². The average Bonchev–Trinajstić information content (AvgIpc) is 2.28. The van der Waals surface area contributed by atoms with E-state index in [9.17, 15) is 9.59 Å². The van der Waals surface area contributed by atoms with Gasteiger partial charge in [-0.2, -0.15) is 0 Å². The number of rotatable bonds is 1. The van der Waals surface area contributed by atoms with Crippen molar-refractivity contribution in [2.75, 3.05) is 19.6 Å². The van der Waals surface area contributed by atoms with E-state index in [0.29, 0.717) is 19.5 Å². The van der Waals surface area contributed by atoms with E-state index in [4.69, 9.17) is 0 Å². The van der Waals surface area contributed by atoms with Crippen LogP contribution in [0.15, 0.2) is 0 Å². The summed E-state index contributed by atoms with van der Waals surface area (Å²) in [7, 11) is 0. The highest BCUT2D eigenvalue weighted by Crippen LogP contribution is 1.98. The highest BCUT2D eigenvalue weighted by Gasteiger charge is 2.17. The summed E-state index contributed by atoms with van der Waals surface area (Å²) in [5.41, 5.74) is 0. The zero-order valence-electron chi connectivity index (χ0n) is 7.30. The molecule has 0 aliphatic carbocycles. The van der Waals surface area contributed by atoms with Crippen molar-refractivity contribution in [1.82, 2.24) is 10.2 Å². The van der Waals surface area contributed by atoms with Crippen LogP contribution in [0.25, 0.3) is 0 Å². The first kappa shape index (κ1) is 9.03. The maximum Gasteiger partial charge on any atom is 0.239 e. The van der Waals surface area contributed by atoms with Crippen molar-refractivity contribution in [3.8, 4) is 0 Å².